The predicted octanol–water partition coefficient (Wildman–Crippen LogP) is 1.58. The Morgan fingerprint density at radius 2 is 2.33 bits per heavy atom. The molecule has 0 aliphatic heterocycles. The smallest absolute Gasteiger partial charge is 0.0639 e. The van der Waals surface area contributed by atoms with Crippen LogP contribution in [0.15, 0.2) is 12.2 Å². The molecule has 1 fully saturated rings. The van der Waals surface area contributed by atoms with Gasteiger partial charge in [0.1, 0.15) is 0 Å². The van der Waals surface area contributed by atoms with E-state index in [0.717, 1.165) is 23.8 Å². The van der Waals surface area contributed by atoms with Gasteiger partial charge in [-0.2, -0.15) is 0 Å². The molecule has 0 aromatic rings. The topological polar surface area (TPSA) is 20.2 Å². The van der Waals surface area contributed by atoms with Crippen molar-refractivity contribution < 1.29 is 5.11 Å². The highest BCUT2D eigenvalue weighted by atomic mass is 16.3. The number of hydrogen-bond acceptors (Lipinski definition) is 1. The largest absolute Gasteiger partial charge is 0.392 e. The average Bonchev–Trinajstić information content (AvgIpc) is 2.47. The maximum Gasteiger partial charge on any atom is 0.0639 e. The molecule has 1 rings (SSSR count). The van der Waals surface area contributed by atoms with Crippen LogP contribution in [0.5, 0.6) is 0 Å². The van der Waals surface area contributed by atoms with E-state index in [1.54, 1.807) is 0 Å². The van der Waals surface area contributed by atoms with Crippen LogP contribution in [0.1, 0.15) is 19.8 Å². The molecule has 0 aromatic heterocycles. The van der Waals surface area contributed by atoms with Crippen molar-refractivity contribution in [3.05, 3.63) is 12.2 Å². The molecule has 0 aromatic carbocycles. The Morgan fingerprint density at radius 3 is 2.67 bits per heavy atom. The van der Waals surface area contributed by atoms with Crippen LogP contribution >= 0.6 is 0 Å². The first-order valence-electron chi connectivity index (χ1n) is 3.51. The Hall–Kier alpha value is -0.300. The maximum atomic E-state index is 8.60. The van der Waals surface area contributed by atoms with Crippen LogP contribution in [0.2, 0.25) is 0 Å². The molecule has 0 amide bonds. The normalized spacial score (nSPS) is 32.2. The van der Waals surface area contributed by atoms with E-state index in [0.29, 0.717) is 0 Å². The molecule has 2 atom stereocenters. The van der Waals surface area contributed by atoms with Crippen LogP contribution in [0.4, 0.5) is 0 Å². The summed E-state index contributed by atoms with van der Waals surface area (Å²) in [5.74, 6) is 1.72. The zero-order chi connectivity index (χ0) is 6.85. The third-order valence-corrected chi connectivity index (χ3v) is 2.05. The van der Waals surface area contributed by atoms with Gasteiger partial charge in [-0.15, -0.1) is 0 Å². The van der Waals surface area contributed by atoms with E-state index in [2.05, 4.69) is 13.5 Å². The number of rotatable bonds is 3. The highest BCUT2D eigenvalue weighted by molar-refractivity contribution is 5.00. The van der Waals surface area contributed by atoms with Crippen LogP contribution in [-0.2, 0) is 0 Å². The zero-order valence-corrected chi connectivity index (χ0v) is 5.93. The van der Waals surface area contributed by atoms with E-state index < -0.39 is 0 Å². The van der Waals surface area contributed by atoms with E-state index in [1.165, 1.54) is 6.42 Å². The molecule has 1 nitrogen and oxygen atoms in total. The van der Waals surface area contributed by atoms with Crippen LogP contribution in [0, 0.1) is 11.8 Å². The molecule has 1 aliphatic rings. The van der Waals surface area contributed by atoms with E-state index in [-0.39, 0.29) is 6.61 Å². The summed E-state index contributed by atoms with van der Waals surface area (Å²) in [6, 6.07) is 0. The van der Waals surface area contributed by atoms with Gasteiger partial charge in [-0.05, 0) is 24.7 Å². The first-order chi connectivity index (χ1) is 4.24. The Morgan fingerprint density at radius 1 is 1.78 bits per heavy atom. The van der Waals surface area contributed by atoms with Gasteiger partial charge >= 0.3 is 0 Å². The highest BCUT2D eigenvalue weighted by Crippen LogP contribution is 2.41. The number of aliphatic hydroxyl groups excluding tert-OH is 1. The summed E-state index contributed by atoms with van der Waals surface area (Å²) in [6.07, 6.45) is 2.37. The van der Waals surface area contributed by atoms with E-state index in [9.17, 15) is 0 Å². The van der Waals surface area contributed by atoms with Crippen molar-refractivity contribution in [1.29, 1.82) is 0 Å². The Balaban J connectivity index is 2.12. The van der Waals surface area contributed by atoms with Gasteiger partial charge in [0.25, 0.3) is 0 Å². The SMILES string of the molecule is C=C(CO)CC1CC1C. The first kappa shape index (κ1) is 6.81. The fraction of sp³-hybridized carbons (Fsp3) is 0.750. The van der Waals surface area contributed by atoms with Gasteiger partial charge in [0, 0.05) is 0 Å². The lowest BCUT2D eigenvalue weighted by Crippen LogP contribution is -1.89. The zero-order valence-electron chi connectivity index (χ0n) is 5.93. The predicted molar refractivity (Wildman–Crippen MR) is 38.1 cm³/mol. The van der Waals surface area contributed by atoms with E-state index >= 15 is 0 Å². The minimum absolute atomic E-state index is 0.170. The van der Waals surface area contributed by atoms with Crippen molar-refractivity contribution in [3.63, 3.8) is 0 Å². The van der Waals surface area contributed by atoms with Crippen molar-refractivity contribution in [2.24, 2.45) is 11.8 Å². The van der Waals surface area contributed by atoms with E-state index in [4.69, 9.17) is 5.11 Å². The molecule has 1 saturated carbocycles. The van der Waals surface area contributed by atoms with Gasteiger partial charge < -0.3 is 5.11 Å². The van der Waals surface area contributed by atoms with Crippen molar-refractivity contribution in [2.75, 3.05) is 6.61 Å². The minimum atomic E-state index is 0.170. The summed E-state index contributed by atoms with van der Waals surface area (Å²) in [4.78, 5) is 0. The van der Waals surface area contributed by atoms with Crippen molar-refractivity contribution in [1.82, 2.24) is 0 Å². The van der Waals surface area contributed by atoms with E-state index in [1.807, 2.05) is 0 Å². The minimum Gasteiger partial charge on any atom is -0.392 e. The molecule has 1 N–H and O–H groups in total. The summed E-state index contributed by atoms with van der Waals surface area (Å²) in [7, 11) is 0. The second-order valence-electron chi connectivity index (χ2n) is 3.09. The quantitative estimate of drug-likeness (QED) is 0.569. The fourth-order valence-electron chi connectivity index (χ4n) is 1.12. The molecule has 9 heavy (non-hydrogen) atoms. The molecule has 0 bridgehead atoms. The summed E-state index contributed by atoms with van der Waals surface area (Å²) in [5, 5.41) is 8.60. The fourth-order valence-corrected chi connectivity index (χ4v) is 1.12. The summed E-state index contributed by atoms with van der Waals surface area (Å²) >= 11 is 0. The van der Waals surface area contributed by atoms with Gasteiger partial charge in [0.05, 0.1) is 6.61 Å². The summed E-state index contributed by atoms with van der Waals surface area (Å²) in [6.45, 7) is 6.15. The monoisotopic (exact) mass is 126 g/mol. The van der Waals surface area contributed by atoms with Gasteiger partial charge in [-0.25, -0.2) is 0 Å². The molecule has 1 aliphatic carbocycles. The third-order valence-electron chi connectivity index (χ3n) is 2.05. The lowest BCUT2D eigenvalue weighted by Gasteiger charge is -1.97. The van der Waals surface area contributed by atoms with Crippen LogP contribution < -0.4 is 0 Å². The molecule has 0 spiro atoms. The Bertz CT molecular complexity index is 118. The second kappa shape index (κ2) is 2.53. The molecule has 1 heteroatoms. The Labute approximate surface area is 56.4 Å². The Kier molecular flexibility index (Phi) is 1.91. The standard InChI is InChI=1S/C8H14O/c1-6(5-9)3-8-4-7(8)2/h7-9H,1,3-5H2,2H3. The second-order valence-corrected chi connectivity index (χ2v) is 3.09. The molecular formula is C8H14O. The third kappa shape index (κ3) is 1.83. The molecule has 0 radical (unpaired) electrons. The van der Waals surface area contributed by atoms with Gasteiger partial charge in [0.2, 0.25) is 0 Å². The van der Waals surface area contributed by atoms with Gasteiger partial charge in [0.15, 0.2) is 0 Å². The van der Waals surface area contributed by atoms with Crippen molar-refractivity contribution >= 4 is 0 Å². The number of aliphatic hydroxyl groups is 1. The lowest BCUT2D eigenvalue weighted by molar-refractivity contribution is 0.325. The van der Waals surface area contributed by atoms with Crippen molar-refractivity contribution in [3.8, 4) is 0 Å². The molecule has 0 heterocycles. The van der Waals surface area contributed by atoms with Crippen molar-refractivity contribution in [2.45, 2.75) is 19.8 Å². The molecule has 52 valence electrons. The molecular weight excluding hydrogens is 112 g/mol. The maximum absolute atomic E-state index is 8.60. The lowest BCUT2D eigenvalue weighted by atomic mass is 10.1. The summed E-state index contributed by atoms with van der Waals surface area (Å²) in [5.41, 5.74) is 0.990. The first-order valence-corrected chi connectivity index (χ1v) is 3.51. The highest BCUT2D eigenvalue weighted by Gasteiger charge is 2.32. The molecule has 2 unspecified atom stereocenters. The van der Waals surface area contributed by atoms with Crippen LogP contribution in [0.3, 0.4) is 0 Å². The average molecular weight is 126 g/mol. The molecule has 0 saturated heterocycles. The van der Waals surface area contributed by atoms with Gasteiger partial charge in [-0.3, -0.25) is 0 Å². The van der Waals surface area contributed by atoms with Gasteiger partial charge in [-0.1, -0.05) is 19.1 Å². The summed E-state index contributed by atoms with van der Waals surface area (Å²) < 4.78 is 0. The van der Waals surface area contributed by atoms with Crippen LogP contribution in [0.25, 0.3) is 0 Å². The van der Waals surface area contributed by atoms with Crippen LogP contribution in [-0.4, -0.2) is 11.7 Å². The number of hydrogen-bond donors (Lipinski definition) is 1.